The van der Waals surface area contributed by atoms with Gasteiger partial charge in [-0.05, 0) is 37.6 Å². The van der Waals surface area contributed by atoms with E-state index in [0.29, 0.717) is 11.5 Å². The summed E-state index contributed by atoms with van der Waals surface area (Å²) >= 11 is 0. The molecule has 0 saturated carbocycles. The second-order valence-corrected chi connectivity index (χ2v) is 4.48. The Labute approximate surface area is 114 Å². The van der Waals surface area contributed by atoms with Crippen LogP contribution in [0.4, 0.5) is 4.39 Å². The number of nitrogens with zero attached hydrogens (tertiary/aromatic N) is 2. The molecule has 0 radical (unpaired) electrons. The van der Waals surface area contributed by atoms with Gasteiger partial charge in [-0.2, -0.15) is 0 Å². The SMILES string of the molecule is Cc1cc(=O)n(Cc2cc(F)ccc2C(=O)O)c(C)n1. The first-order valence-corrected chi connectivity index (χ1v) is 5.95. The Morgan fingerprint density at radius 3 is 2.65 bits per heavy atom. The summed E-state index contributed by atoms with van der Waals surface area (Å²) in [5.74, 6) is -1.25. The molecule has 2 rings (SSSR count). The van der Waals surface area contributed by atoms with Gasteiger partial charge in [0, 0.05) is 11.8 Å². The molecule has 1 aromatic carbocycles. The lowest BCUT2D eigenvalue weighted by Crippen LogP contribution is -2.25. The number of benzene rings is 1. The average Bonchev–Trinajstić information content (AvgIpc) is 2.33. The number of aromatic carboxylic acids is 1. The Hall–Kier alpha value is -2.50. The summed E-state index contributed by atoms with van der Waals surface area (Å²) in [6.07, 6.45) is 0. The largest absolute Gasteiger partial charge is 0.478 e. The molecule has 1 N–H and O–H groups in total. The third-order valence-electron chi connectivity index (χ3n) is 2.95. The molecule has 1 heterocycles. The van der Waals surface area contributed by atoms with Crippen LogP contribution in [0.25, 0.3) is 0 Å². The minimum Gasteiger partial charge on any atom is -0.478 e. The maximum absolute atomic E-state index is 13.3. The van der Waals surface area contributed by atoms with Crippen molar-refractivity contribution in [2.75, 3.05) is 0 Å². The van der Waals surface area contributed by atoms with E-state index in [0.717, 1.165) is 12.1 Å². The number of hydrogen-bond acceptors (Lipinski definition) is 3. The van der Waals surface area contributed by atoms with Gasteiger partial charge in [-0.15, -0.1) is 0 Å². The van der Waals surface area contributed by atoms with E-state index >= 15 is 0 Å². The summed E-state index contributed by atoms with van der Waals surface area (Å²) in [6.45, 7) is 3.31. The van der Waals surface area contributed by atoms with E-state index in [-0.39, 0.29) is 23.2 Å². The van der Waals surface area contributed by atoms with Crippen molar-refractivity contribution in [1.82, 2.24) is 9.55 Å². The molecule has 0 aliphatic rings. The van der Waals surface area contributed by atoms with E-state index in [1.165, 1.54) is 16.7 Å². The number of carbonyl (C=O) groups is 1. The highest BCUT2D eigenvalue weighted by molar-refractivity contribution is 5.89. The van der Waals surface area contributed by atoms with Gasteiger partial charge in [0.2, 0.25) is 0 Å². The first-order valence-electron chi connectivity index (χ1n) is 5.95. The molecule has 0 unspecified atom stereocenters. The van der Waals surface area contributed by atoms with Gasteiger partial charge in [0.25, 0.3) is 5.56 Å². The molecule has 0 bridgehead atoms. The summed E-state index contributed by atoms with van der Waals surface area (Å²) in [5.41, 5.74) is 0.490. The van der Waals surface area contributed by atoms with E-state index in [9.17, 15) is 14.0 Å². The van der Waals surface area contributed by atoms with Crippen molar-refractivity contribution >= 4 is 5.97 Å². The van der Waals surface area contributed by atoms with Crippen molar-refractivity contribution in [2.45, 2.75) is 20.4 Å². The fraction of sp³-hybridized carbons (Fsp3) is 0.214. The molecule has 0 aliphatic carbocycles. The number of aromatic nitrogens is 2. The third kappa shape index (κ3) is 2.74. The summed E-state index contributed by atoms with van der Waals surface area (Å²) in [5, 5.41) is 9.09. The van der Waals surface area contributed by atoms with Crippen molar-refractivity contribution in [2.24, 2.45) is 0 Å². The van der Waals surface area contributed by atoms with E-state index in [1.807, 2.05) is 0 Å². The maximum Gasteiger partial charge on any atom is 0.336 e. The third-order valence-corrected chi connectivity index (χ3v) is 2.95. The normalized spacial score (nSPS) is 10.6. The van der Waals surface area contributed by atoms with Gasteiger partial charge < -0.3 is 5.11 Å². The molecule has 2 aromatic rings. The number of hydrogen-bond donors (Lipinski definition) is 1. The second-order valence-electron chi connectivity index (χ2n) is 4.48. The van der Waals surface area contributed by atoms with E-state index in [4.69, 9.17) is 5.11 Å². The molecule has 1 aromatic heterocycles. The van der Waals surface area contributed by atoms with Crippen LogP contribution < -0.4 is 5.56 Å². The molecule has 0 atom stereocenters. The highest BCUT2D eigenvalue weighted by Crippen LogP contribution is 2.13. The Kier molecular flexibility index (Phi) is 3.65. The van der Waals surface area contributed by atoms with Crippen LogP contribution in [0, 0.1) is 19.7 Å². The number of aryl methyl sites for hydroxylation is 2. The molecule has 5 nitrogen and oxygen atoms in total. The lowest BCUT2D eigenvalue weighted by Gasteiger charge is -2.11. The fourth-order valence-corrected chi connectivity index (χ4v) is 2.03. The van der Waals surface area contributed by atoms with Gasteiger partial charge in [0.1, 0.15) is 11.6 Å². The standard InChI is InChI=1S/C14H13FN2O3/c1-8-5-13(18)17(9(2)16-8)7-10-6-11(15)3-4-12(10)14(19)20/h3-6H,7H2,1-2H3,(H,19,20). The maximum atomic E-state index is 13.3. The number of rotatable bonds is 3. The van der Waals surface area contributed by atoms with Gasteiger partial charge in [0.05, 0.1) is 12.1 Å². The monoisotopic (exact) mass is 276 g/mol. The minimum atomic E-state index is -1.16. The number of carboxylic acid groups (broad SMARTS) is 1. The molecule has 0 spiro atoms. The lowest BCUT2D eigenvalue weighted by atomic mass is 10.1. The molecule has 104 valence electrons. The molecular weight excluding hydrogens is 263 g/mol. The van der Waals surface area contributed by atoms with Crippen LogP contribution in [0.5, 0.6) is 0 Å². The number of carboxylic acids is 1. The highest BCUT2D eigenvalue weighted by Gasteiger charge is 2.13. The Morgan fingerprint density at radius 1 is 1.35 bits per heavy atom. The zero-order valence-electron chi connectivity index (χ0n) is 11.1. The van der Waals surface area contributed by atoms with Gasteiger partial charge in [0.15, 0.2) is 0 Å². The lowest BCUT2D eigenvalue weighted by molar-refractivity contribution is 0.0695. The first-order chi connectivity index (χ1) is 9.38. The molecule has 0 aliphatic heterocycles. The Morgan fingerprint density at radius 2 is 2.05 bits per heavy atom. The van der Waals surface area contributed by atoms with Crippen LogP contribution in [0.1, 0.15) is 27.4 Å². The van der Waals surface area contributed by atoms with E-state index < -0.39 is 11.8 Å². The molecule has 20 heavy (non-hydrogen) atoms. The average molecular weight is 276 g/mol. The van der Waals surface area contributed by atoms with Crippen LogP contribution in [0.3, 0.4) is 0 Å². The van der Waals surface area contributed by atoms with Crippen LogP contribution in [0.2, 0.25) is 0 Å². The molecule has 0 amide bonds. The first kappa shape index (κ1) is 13.9. The summed E-state index contributed by atoms with van der Waals surface area (Å²) < 4.78 is 14.6. The van der Waals surface area contributed by atoms with Crippen LogP contribution in [-0.4, -0.2) is 20.6 Å². The highest BCUT2D eigenvalue weighted by atomic mass is 19.1. The van der Waals surface area contributed by atoms with Gasteiger partial charge in [-0.1, -0.05) is 0 Å². The predicted octanol–water partition coefficient (Wildman–Crippen LogP) is 1.75. The van der Waals surface area contributed by atoms with Crippen LogP contribution in [0.15, 0.2) is 29.1 Å². The van der Waals surface area contributed by atoms with Gasteiger partial charge in [-0.25, -0.2) is 14.2 Å². The summed E-state index contributed by atoms with van der Waals surface area (Å²) in [7, 11) is 0. The van der Waals surface area contributed by atoms with Crippen molar-refractivity contribution in [3.05, 3.63) is 63.1 Å². The summed E-state index contributed by atoms with van der Waals surface area (Å²) in [4.78, 5) is 27.2. The fourth-order valence-electron chi connectivity index (χ4n) is 2.03. The van der Waals surface area contributed by atoms with Gasteiger partial charge in [-0.3, -0.25) is 9.36 Å². The van der Waals surface area contributed by atoms with Crippen molar-refractivity contribution in [1.29, 1.82) is 0 Å². The van der Waals surface area contributed by atoms with Crippen LogP contribution in [-0.2, 0) is 6.54 Å². The number of halogens is 1. The van der Waals surface area contributed by atoms with Crippen molar-refractivity contribution in [3.63, 3.8) is 0 Å². The molecule has 6 heteroatoms. The van der Waals surface area contributed by atoms with Gasteiger partial charge >= 0.3 is 5.97 Å². The van der Waals surface area contributed by atoms with E-state index in [2.05, 4.69) is 4.98 Å². The van der Waals surface area contributed by atoms with Crippen molar-refractivity contribution < 1.29 is 14.3 Å². The molecule has 0 fully saturated rings. The topological polar surface area (TPSA) is 72.2 Å². The van der Waals surface area contributed by atoms with E-state index in [1.54, 1.807) is 13.8 Å². The Balaban J connectivity index is 2.53. The molecule has 0 saturated heterocycles. The van der Waals surface area contributed by atoms with Crippen molar-refractivity contribution in [3.8, 4) is 0 Å². The van der Waals surface area contributed by atoms with Crippen LogP contribution >= 0.6 is 0 Å². The Bertz CT molecular complexity index is 738. The zero-order chi connectivity index (χ0) is 14.9. The molecular formula is C14H13FN2O3. The zero-order valence-corrected chi connectivity index (χ0v) is 11.1. The smallest absolute Gasteiger partial charge is 0.336 e. The minimum absolute atomic E-state index is 0.0294. The summed E-state index contributed by atoms with van der Waals surface area (Å²) in [6, 6.07) is 4.74. The predicted molar refractivity (Wildman–Crippen MR) is 70.4 cm³/mol. The second kappa shape index (κ2) is 5.24. The quantitative estimate of drug-likeness (QED) is 0.927.